The standard InChI is InChI=1S/C22H20F4N4O3S/c23-15-6-4-14(5-7-15)18(22(24,25)26)29-21(19(31)30-20(13-27)8-9-20)11-17(21)34(32,33)12-16-3-1-2-10-28-16/h1-7,10,17-18,29H,8-9,11-12H2,(H,30,31)/t17?,18-,21+/m0/s1. The van der Waals surface area contributed by atoms with Crippen molar-refractivity contribution in [1.82, 2.24) is 15.6 Å². The third kappa shape index (κ3) is 4.76. The maximum Gasteiger partial charge on any atom is 0.407 e. The number of pyridine rings is 1. The molecular weight excluding hydrogens is 476 g/mol. The van der Waals surface area contributed by atoms with Gasteiger partial charge in [0.05, 0.1) is 22.8 Å². The van der Waals surface area contributed by atoms with E-state index in [1.807, 2.05) is 6.07 Å². The number of nitriles is 1. The molecule has 2 N–H and O–H groups in total. The number of hydrogen-bond acceptors (Lipinski definition) is 6. The molecule has 34 heavy (non-hydrogen) atoms. The van der Waals surface area contributed by atoms with E-state index in [1.54, 1.807) is 12.1 Å². The van der Waals surface area contributed by atoms with Gasteiger partial charge in [-0.1, -0.05) is 18.2 Å². The zero-order chi connectivity index (χ0) is 24.8. The van der Waals surface area contributed by atoms with Crippen LogP contribution in [-0.2, 0) is 20.4 Å². The minimum Gasteiger partial charge on any atom is -0.336 e. The van der Waals surface area contributed by atoms with E-state index >= 15 is 0 Å². The lowest BCUT2D eigenvalue weighted by atomic mass is 10.0. The second-order valence-electron chi connectivity index (χ2n) is 8.61. The highest BCUT2D eigenvalue weighted by Crippen LogP contribution is 2.48. The van der Waals surface area contributed by atoms with Gasteiger partial charge in [-0.25, -0.2) is 12.8 Å². The smallest absolute Gasteiger partial charge is 0.336 e. The lowest BCUT2D eigenvalue weighted by molar-refractivity contribution is -0.161. The van der Waals surface area contributed by atoms with Crippen LogP contribution in [0.4, 0.5) is 17.6 Å². The number of aromatic nitrogens is 1. The summed E-state index contributed by atoms with van der Waals surface area (Å²) in [6, 6.07) is 7.62. The molecule has 1 aromatic carbocycles. The molecule has 7 nitrogen and oxygen atoms in total. The molecule has 2 aliphatic carbocycles. The SMILES string of the molecule is N#CC1(NC(=O)[C@@]2(N[C@@H](c3ccc(F)cc3)C(F)(F)F)CC2S(=O)(=O)Cc2ccccn2)CC1. The van der Waals surface area contributed by atoms with Crippen LogP contribution >= 0.6 is 0 Å². The average Bonchev–Trinajstić information content (AvgIpc) is 3.68. The monoisotopic (exact) mass is 496 g/mol. The van der Waals surface area contributed by atoms with Crippen molar-refractivity contribution in [2.75, 3.05) is 0 Å². The van der Waals surface area contributed by atoms with Gasteiger partial charge in [-0.2, -0.15) is 18.4 Å². The zero-order valence-corrected chi connectivity index (χ0v) is 18.5. The highest BCUT2D eigenvalue weighted by Gasteiger charge is 2.69. The van der Waals surface area contributed by atoms with Gasteiger partial charge in [0.1, 0.15) is 22.9 Å². The van der Waals surface area contributed by atoms with Gasteiger partial charge >= 0.3 is 6.18 Å². The lowest BCUT2D eigenvalue weighted by Gasteiger charge is -2.29. The van der Waals surface area contributed by atoms with E-state index in [2.05, 4.69) is 15.6 Å². The Morgan fingerprint density at radius 1 is 1.21 bits per heavy atom. The summed E-state index contributed by atoms with van der Waals surface area (Å²) in [4.78, 5) is 17.1. The first kappa shape index (κ1) is 24.1. The normalized spacial score (nSPS) is 24.0. The quantitative estimate of drug-likeness (QED) is 0.544. The molecule has 0 spiro atoms. The van der Waals surface area contributed by atoms with Crippen LogP contribution in [0.3, 0.4) is 0 Å². The summed E-state index contributed by atoms with van der Waals surface area (Å²) in [6.45, 7) is 0. The maximum atomic E-state index is 14.0. The molecule has 1 heterocycles. The van der Waals surface area contributed by atoms with Crippen molar-refractivity contribution in [2.24, 2.45) is 0 Å². The molecule has 2 saturated carbocycles. The maximum absolute atomic E-state index is 14.0. The topological polar surface area (TPSA) is 112 Å². The molecule has 0 bridgehead atoms. The van der Waals surface area contributed by atoms with E-state index in [0.29, 0.717) is 12.8 Å². The largest absolute Gasteiger partial charge is 0.407 e. The number of alkyl halides is 3. The van der Waals surface area contributed by atoms with Gasteiger partial charge in [0, 0.05) is 6.20 Å². The van der Waals surface area contributed by atoms with Crippen LogP contribution in [0.5, 0.6) is 0 Å². The fourth-order valence-corrected chi connectivity index (χ4v) is 5.99. The zero-order valence-electron chi connectivity index (χ0n) is 17.6. The summed E-state index contributed by atoms with van der Waals surface area (Å²) in [5.74, 6) is -2.30. The van der Waals surface area contributed by atoms with Crippen LogP contribution in [-0.4, -0.2) is 41.8 Å². The summed E-state index contributed by atoms with van der Waals surface area (Å²) in [7, 11) is -4.11. The predicted molar refractivity (Wildman–Crippen MR) is 112 cm³/mol. The molecule has 2 aliphatic rings. The van der Waals surface area contributed by atoms with Crippen LogP contribution in [0.25, 0.3) is 0 Å². The minimum atomic E-state index is -4.92. The number of benzene rings is 1. The van der Waals surface area contributed by atoms with Crippen molar-refractivity contribution in [1.29, 1.82) is 5.26 Å². The first-order chi connectivity index (χ1) is 15.9. The molecule has 0 aliphatic heterocycles. The third-order valence-corrected chi connectivity index (χ3v) is 8.19. The van der Waals surface area contributed by atoms with E-state index in [4.69, 9.17) is 0 Å². The van der Waals surface area contributed by atoms with E-state index in [0.717, 1.165) is 24.3 Å². The van der Waals surface area contributed by atoms with Crippen molar-refractivity contribution in [3.8, 4) is 6.07 Å². The third-order valence-electron chi connectivity index (χ3n) is 6.06. The summed E-state index contributed by atoms with van der Waals surface area (Å²) < 4.78 is 81.5. The molecule has 2 aromatic rings. The molecule has 3 atom stereocenters. The van der Waals surface area contributed by atoms with Crippen molar-refractivity contribution >= 4 is 15.7 Å². The summed E-state index contributed by atoms with van der Waals surface area (Å²) in [5.41, 5.74) is -3.53. The fourth-order valence-electron chi connectivity index (χ4n) is 3.90. The van der Waals surface area contributed by atoms with Crippen LogP contribution in [0.2, 0.25) is 0 Å². The molecule has 1 aromatic heterocycles. The van der Waals surface area contributed by atoms with Gasteiger partial charge in [-0.15, -0.1) is 0 Å². The predicted octanol–water partition coefficient (Wildman–Crippen LogP) is 2.71. The molecule has 12 heteroatoms. The average molecular weight is 496 g/mol. The Morgan fingerprint density at radius 2 is 1.88 bits per heavy atom. The first-order valence-electron chi connectivity index (χ1n) is 10.4. The van der Waals surface area contributed by atoms with Crippen molar-refractivity contribution < 1.29 is 30.8 Å². The van der Waals surface area contributed by atoms with Gasteiger partial charge in [-0.05, 0) is 49.1 Å². The van der Waals surface area contributed by atoms with E-state index < -0.39 is 62.3 Å². The number of nitrogens with one attached hydrogen (secondary N) is 2. The van der Waals surface area contributed by atoms with E-state index in [1.165, 1.54) is 12.3 Å². The van der Waals surface area contributed by atoms with Gasteiger partial charge in [0.25, 0.3) is 0 Å². The van der Waals surface area contributed by atoms with Crippen LogP contribution in [0.15, 0.2) is 48.7 Å². The molecule has 0 radical (unpaired) electrons. The van der Waals surface area contributed by atoms with Crippen LogP contribution in [0, 0.1) is 17.1 Å². The fraction of sp³-hybridized carbons (Fsp3) is 0.409. The number of carbonyl (C=O) groups is 1. The second kappa shape index (κ2) is 8.32. The lowest BCUT2D eigenvalue weighted by Crippen LogP contribution is -2.56. The van der Waals surface area contributed by atoms with E-state index in [9.17, 15) is 36.0 Å². The number of amides is 1. The van der Waals surface area contributed by atoms with Crippen LogP contribution in [0.1, 0.15) is 36.6 Å². The Bertz CT molecular complexity index is 1230. The number of rotatable bonds is 8. The molecule has 4 rings (SSSR count). The van der Waals surface area contributed by atoms with Crippen molar-refractivity contribution in [2.45, 2.75) is 53.6 Å². The van der Waals surface area contributed by atoms with Gasteiger partial charge in [0.15, 0.2) is 9.84 Å². The molecule has 2 fully saturated rings. The number of nitrogens with zero attached hydrogens (tertiary/aromatic N) is 2. The van der Waals surface area contributed by atoms with Crippen molar-refractivity contribution in [3.63, 3.8) is 0 Å². The molecule has 180 valence electrons. The highest BCUT2D eigenvalue weighted by atomic mass is 32.2. The number of halogens is 4. The first-order valence-corrected chi connectivity index (χ1v) is 12.1. The summed E-state index contributed by atoms with van der Waals surface area (Å²) >= 11 is 0. The number of hydrogen-bond donors (Lipinski definition) is 2. The minimum absolute atomic E-state index is 0.185. The Morgan fingerprint density at radius 3 is 2.41 bits per heavy atom. The van der Waals surface area contributed by atoms with Crippen LogP contribution < -0.4 is 10.6 Å². The van der Waals surface area contributed by atoms with E-state index in [-0.39, 0.29) is 11.3 Å². The Labute approximate surface area is 193 Å². The van der Waals surface area contributed by atoms with Crippen molar-refractivity contribution in [3.05, 3.63) is 65.7 Å². The molecule has 0 saturated heterocycles. The Balaban J connectivity index is 1.68. The van der Waals surface area contributed by atoms with Gasteiger partial charge < -0.3 is 5.32 Å². The Kier molecular flexibility index (Phi) is 5.90. The molecule has 1 unspecified atom stereocenters. The molecular formula is C22H20F4N4O3S. The summed E-state index contributed by atoms with van der Waals surface area (Å²) in [6.07, 6.45) is -3.32. The number of sulfone groups is 1. The molecule has 1 amide bonds. The summed E-state index contributed by atoms with van der Waals surface area (Å²) in [5, 5.41) is 12.5. The highest BCUT2D eigenvalue weighted by molar-refractivity contribution is 7.91. The Hall–Kier alpha value is -3.04. The number of carbonyl (C=O) groups excluding carboxylic acids is 1. The van der Waals surface area contributed by atoms with Gasteiger partial charge in [-0.3, -0.25) is 15.1 Å². The van der Waals surface area contributed by atoms with Gasteiger partial charge in [0.2, 0.25) is 5.91 Å². The second-order valence-corrected chi connectivity index (χ2v) is 10.8.